The van der Waals surface area contributed by atoms with Crippen LogP contribution in [0.3, 0.4) is 0 Å². The Labute approximate surface area is 141 Å². The Hall–Kier alpha value is -2.82. The smallest absolute Gasteiger partial charge is 0.226 e. The molecule has 2 amide bonds. The number of carbonyl (C=O) groups is 2. The van der Waals surface area contributed by atoms with Crippen LogP contribution < -0.4 is 10.2 Å². The molecule has 0 aliphatic carbocycles. The van der Waals surface area contributed by atoms with Gasteiger partial charge in [0.2, 0.25) is 11.8 Å². The molecule has 0 saturated carbocycles. The molecule has 2 N–H and O–H groups in total. The Balaban J connectivity index is 1.80. The van der Waals surface area contributed by atoms with Crippen molar-refractivity contribution in [3.05, 3.63) is 54.1 Å². The number of phenols is 1. The number of phenolic OH excluding ortho intramolecular Hbond substituents is 1. The maximum atomic E-state index is 12.1. The van der Waals surface area contributed by atoms with Gasteiger partial charge in [-0.05, 0) is 43.2 Å². The quantitative estimate of drug-likeness (QED) is 0.799. The van der Waals surface area contributed by atoms with Gasteiger partial charge in [0, 0.05) is 25.6 Å². The summed E-state index contributed by atoms with van der Waals surface area (Å²) in [6.07, 6.45) is 0.967. The molecule has 0 aliphatic heterocycles. The molecule has 0 bridgehead atoms. The lowest BCUT2D eigenvalue weighted by atomic mass is 10.1. The Kier molecular flexibility index (Phi) is 5.95. The van der Waals surface area contributed by atoms with Crippen LogP contribution in [0, 0.1) is 6.92 Å². The number of nitrogens with one attached hydrogen (secondary N) is 1. The van der Waals surface area contributed by atoms with E-state index in [1.54, 1.807) is 30.1 Å². The molecule has 0 radical (unpaired) electrons. The SMILES string of the molecule is Cc1ccc(O)c(NC(=O)CCCC(=O)N(C)c2ccccc2)c1. The zero-order valence-electron chi connectivity index (χ0n) is 14.0. The number of anilines is 2. The summed E-state index contributed by atoms with van der Waals surface area (Å²) in [6, 6.07) is 14.4. The summed E-state index contributed by atoms with van der Waals surface area (Å²) in [5.41, 5.74) is 2.17. The van der Waals surface area contributed by atoms with E-state index in [0.717, 1.165) is 11.3 Å². The van der Waals surface area contributed by atoms with Crippen molar-refractivity contribution in [3.63, 3.8) is 0 Å². The van der Waals surface area contributed by atoms with Crippen LogP contribution in [0.1, 0.15) is 24.8 Å². The van der Waals surface area contributed by atoms with Crippen molar-refractivity contribution in [2.75, 3.05) is 17.3 Å². The molecule has 126 valence electrons. The molecule has 5 nitrogen and oxygen atoms in total. The number of carbonyl (C=O) groups excluding carboxylic acids is 2. The number of benzene rings is 2. The number of nitrogens with zero attached hydrogens (tertiary/aromatic N) is 1. The molecule has 24 heavy (non-hydrogen) atoms. The molecule has 2 rings (SSSR count). The van der Waals surface area contributed by atoms with Crippen LogP contribution >= 0.6 is 0 Å². The Morgan fingerprint density at radius 1 is 1.08 bits per heavy atom. The topological polar surface area (TPSA) is 69.6 Å². The largest absolute Gasteiger partial charge is 0.506 e. The van der Waals surface area contributed by atoms with Gasteiger partial charge in [-0.15, -0.1) is 0 Å². The summed E-state index contributed by atoms with van der Waals surface area (Å²) in [6.45, 7) is 1.88. The number of hydrogen-bond donors (Lipinski definition) is 2. The molecule has 2 aromatic carbocycles. The highest BCUT2D eigenvalue weighted by Crippen LogP contribution is 2.24. The summed E-state index contributed by atoms with van der Waals surface area (Å²) < 4.78 is 0. The van der Waals surface area contributed by atoms with Gasteiger partial charge in [-0.1, -0.05) is 24.3 Å². The third-order valence-corrected chi connectivity index (χ3v) is 3.74. The highest BCUT2D eigenvalue weighted by Gasteiger charge is 2.12. The van der Waals surface area contributed by atoms with Gasteiger partial charge < -0.3 is 15.3 Å². The normalized spacial score (nSPS) is 10.2. The number of rotatable bonds is 6. The van der Waals surface area contributed by atoms with E-state index >= 15 is 0 Å². The second-order valence-corrected chi connectivity index (χ2v) is 5.71. The summed E-state index contributed by atoms with van der Waals surface area (Å²) >= 11 is 0. The maximum Gasteiger partial charge on any atom is 0.226 e. The van der Waals surface area contributed by atoms with Crippen molar-refractivity contribution in [1.82, 2.24) is 0 Å². The minimum atomic E-state index is -0.217. The van der Waals surface area contributed by atoms with E-state index in [4.69, 9.17) is 0 Å². The summed E-state index contributed by atoms with van der Waals surface area (Å²) in [5.74, 6) is -0.215. The average Bonchev–Trinajstić information content (AvgIpc) is 2.58. The monoisotopic (exact) mass is 326 g/mol. The van der Waals surface area contributed by atoms with Gasteiger partial charge in [-0.2, -0.15) is 0 Å². The molecule has 0 atom stereocenters. The first-order valence-electron chi connectivity index (χ1n) is 7.88. The fourth-order valence-corrected chi connectivity index (χ4v) is 2.33. The molecule has 0 heterocycles. The fourth-order valence-electron chi connectivity index (χ4n) is 2.33. The minimum absolute atomic E-state index is 0.0348. The summed E-state index contributed by atoms with van der Waals surface area (Å²) in [7, 11) is 1.72. The maximum absolute atomic E-state index is 12.1. The Bertz CT molecular complexity index is 714. The lowest BCUT2D eigenvalue weighted by Gasteiger charge is -2.17. The van der Waals surface area contributed by atoms with Gasteiger partial charge >= 0.3 is 0 Å². The van der Waals surface area contributed by atoms with Crippen LogP contribution in [-0.2, 0) is 9.59 Å². The Morgan fingerprint density at radius 2 is 1.79 bits per heavy atom. The van der Waals surface area contributed by atoms with E-state index in [1.807, 2.05) is 37.3 Å². The molecular formula is C19H22N2O3. The first kappa shape index (κ1) is 17.5. The molecule has 0 fully saturated rings. The Morgan fingerprint density at radius 3 is 2.50 bits per heavy atom. The van der Waals surface area contributed by atoms with Crippen molar-refractivity contribution in [2.24, 2.45) is 0 Å². The number of aromatic hydroxyl groups is 1. The van der Waals surface area contributed by atoms with Crippen LogP contribution in [0.25, 0.3) is 0 Å². The molecule has 0 aliphatic rings. The first-order valence-corrected chi connectivity index (χ1v) is 7.88. The van der Waals surface area contributed by atoms with Crippen LogP contribution in [0.2, 0.25) is 0 Å². The minimum Gasteiger partial charge on any atom is -0.506 e. The molecule has 0 unspecified atom stereocenters. The van der Waals surface area contributed by atoms with E-state index in [2.05, 4.69) is 5.32 Å². The van der Waals surface area contributed by atoms with Gasteiger partial charge in [-0.25, -0.2) is 0 Å². The van der Waals surface area contributed by atoms with Gasteiger partial charge in [0.05, 0.1) is 5.69 Å². The van der Waals surface area contributed by atoms with Crippen molar-refractivity contribution in [2.45, 2.75) is 26.2 Å². The second-order valence-electron chi connectivity index (χ2n) is 5.71. The highest BCUT2D eigenvalue weighted by molar-refractivity contribution is 5.94. The van der Waals surface area contributed by atoms with Crippen LogP contribution in [0.15, 0.2) is 48.5 Å². The van der Waals surface area contributed by atoms with Gasteiger partial charge in [0.25, 0.3) is 0 Å². The standard InChI is InChI=1S/C19H22N2O3/c1-14-11-12-17(22)16(13-14)20-18(23)9-6-10-19(24)21(2)15-7-4-3-5-8-15/h3-5,7-8,11-13,22H,6,9-10H2,1-2H3,(H,20,23). The number of para-hydroxylation sites is 1. The lowest BCUT2D eigenvalue weighted by molar-refractivity contribution is -0.118. The number of hydrogen-bond acceptors (Lipinski definition) is 3. The van der Waals surface area contributed by atoms with Gasteiger partial charge in [0.1, 0.15) is 5.75 Å². The molecule has 0 saturated heterocycles. The van der Waals surface area contributed by atoms with Gasteiger partial charge in [0.15, 0.2) is 0 Å². The van der Waals surface area contributed by atoms with Crippen molar-refractivity contribution in [1.29, 1.82) is 0 Å². The van der Waals surface area contributed by atoms with E-state index in [-0.39, 0.29) is 24.0 Å². The summed E-state index contributed by atoms with van der Waals surface area (Å²) in [5, 5.41) is 12.4. The highest BCUT2D eigenvalue weighted by atomic mass is 16.3. The fraction of sp³-hybridized carbons (Fsp3) is 0.263. The predicted octanol–water partition coefficient (Wildman–Crippen LogP) is 3.47. The van der Waals surface area contributed by atoms with Crippen LogP contribution in [0.5, 0.6) is 5.75 Å². The van der Waals surface area contributed by atoms with Crippen molar-refractivity contribution in [3.8, 4) is 5.75 Å². The first-order chi connectivity index (χ1) is 11.5. The van der Waals surface area contributed by atoms with Crippen molar-refractivity contribution < 1.29 is 14.7 Å². The molecule has 0 aromatic heterocycles. The van der Waals surface area contributed by atoms with Crippen molar-refractivity contribution >= 4 is 23.2 Å². The van der Waals surface area contributed by atoms with Crippen LogP contribution in [-0.4, -0.2) is 24.0 Å². The van der Waals surface area contributed by atoms with E-state index in [9.17, 15) is 14.7 Å². The zero-order valence-corrected chi connectivity index (χ0v) is 14.0. The molecule has 2 aromatic rings. The van der Waals surface area contributed by atoms with E-state index < -0.39 is 0 Å². The lowest BCUT2D eigenvalue weighted by Crippen LogP contribution is -2.26. The number of amides is 2. The van der Waals surface area contributed by atoms with Crippen LogP contribution in [0.4, 0.5) is 11.4 Å². The van der Waals surface area contributed by atoms with E-state index in [1.165, 1.54) is 0 Å². The van der Waals surface area contributed by atoms with E-state index in [0.29, 0.717) is 18.5 Å². The third-order valence-electron chi connectivity index (χ3n) is 3.74. The summed E-state index contributed by atoms with van der Waals surface area (Å²) in [4.78, 5) is 25.7. The molecule has 5 heteroatoms. The third kappa shape index (κ3) is 4.84. The zero-order chi connectivity index (χ0) is 17.5. The number of aryl methyl sites for hydroxylation is 1. The predicted molar refractivity (Wildman–Crippen MR) is 95.2 cm³/mol. The second kappa shape index (κ2) is 8.15. The molecule has 0 spiro atoms. The average molecular weight is 326 g/mol. The molecular weight excluding hydrogens is 304 g/mol. The van der Waals surface area contributed by atoms with Gasteiger partial charge in [-0.3, -0.25) is 9.59 Å².